The minimum atomic E-state index is -0.676. The van der Waals surface area contributed by atoms with Gasteiger partial charge in [0.25, 0.3) is 11.5 Å². The first-order valence-electron chi connectivity index (χ1n) is 9.53. The Labute approximate surface area is 179 Å². The molecule has 1 amide bonds. The van der Waals surface area contributed by atoms with E-state index < -0.39 is 18.5 Å². The lowest BCUT2D eigenvalue weighted by molar-refractivity contribution is -0.142. The predicted octanol–water partition coefficient (Wildman–Crippen LogP) is 2.69. The molecule has 0 bridgehead atoms. The van der Waals surface area contributed by atoms with Gasteiger partial charge in [0, 0.05) is 13.1 Å². The summed E-state index contributed by atoms with van der Waals surface area (Å²) < 4.78 is 13.2. The van der Waals surface area contributed by atoms with Crippen molar-refractivity contribution in [2.75, 3.05) is 19.0 Å². The molecule has 3 aromatic rings. The number of ether oxygens (including phenoxy) is 2. The van der Waals surface area contributed by atoms with Crippen molar-refractivity contribution >= 4 is 23.6 Å². The van der Waals surface area contributed by atoms with Crippen molar-refractivity contribution in [1.29, 1.82) is 0 Å². The van der Waals surface area contributed by atoms with E-state index in [4.69, 9.17) is 9.47 Å². The summed E-state index contributed by atoms with van der Waals surface area (Å²) >= 11 is 0. The van der Waals surface area contributed by atoms with Gasteiger partial charge in [-0.3, -0.25) is 14.3 Å². The second kappa shape index (κ2) is 9.62. The average molecular weight is 421 g/mol. The zero-order valence-corrected chi connectivity index (χ0v) is 17.5. The van der Waals surface area contributed by atoms with Gasteiger partial charge in [-0.05, 0) is 42.8 Å². The number of nitrogens with one attached hydrogen (secondary N) is 1. The fourth-order valence-corrected chi connectivity index (χ4v) is 2.98. The van der Waals surface area contributed by atoms with Crippen LogP contribution in [0.15, 0.2) is 65.5 Å². The summed E-state index contributed by atoms with van der Waals surface area (Å²) in [6.45, 7) is 1.21. The fraction of sp³-hybridized carbons (Fsp3) is 0.174. The summed E-state index contributed by atoms with van der Waals surface area (Å²) in [6, 6.07) is 16.2. The molecule has 0 spiro atoms. The number of methoxy groups -OCH3 is 1. The van der Waals surface area contributed by atoms with E-state index in [1.807, 2.05) is 18.2 Å². The van der Waals surface area contributed by atoms with Crippen molar-refractivity contribution in [1.82, 2.24) is 9.36 Å². The van der Waals surface area contributed by atoms with Gasteiger partial charge < -0.3 is 14.8 Å². The number of hydrogen-bond donors (Lipinski definition) is 1. The Morgan fingerprint density at radius 1 is 1.10 bits per heavy atom. The fourth-order valence-electron chi connectivity index (χ4n) is 2.98. The van der Waals surface area contributed by atoms with Gasteiger partial charge in [-0.2, -0.15) is 0 Å². The van der Waals surface area contributed by atoms with Crippen molar-refractivity contribution < 1.29 is 19.1 Å². The number of amides is 1. The molecule has 2 aromatic carbocycles. The maximum atomic E-state index is 12.8. The molecule has 0 saturated carbocycles. The van der Waals surface area contributed by atoms with Crippen molar-refractivity contribution in [2.45, 2.75) is 6.92 Å². The van der Waals surface area contributed by atoms with Crippen LogP contribution in [0.2, 0.25) is 0 Å². The summed E-state index contributed by atoms with van der Waals surface area (Å²) in [4.78, 5) is 37.0. The van der Waals surface area contributed by atoms with Gasteiger partial charge in [0.1, 0.15) is 11.4 Å². The van der Waals surface area contributed by atoms with E-state index in [1.165, 1.54) is 10.8 Å². The number of rotatable bonds is 7. The molecule has 0 atom stereocenters. The maximum absolute atomic E-state index is 12.8. The number of para-hydroxylation sites is 1. The van der Waals surface area contributed by atoms with E-state index in [-0.39, 0.29) is 11.2 Å². The quantitative estimate of drug-likeness (QED) is 0.468. The van der Waals surface area contributed by atoms with Crippen LogP contribution in [0.5, 0.6) is 5.75 Å². The lowest BCUT2D eigenvalue weighted by Crippen LogP contribution is -2.25. The number of anilines is 1. The number of carbonyl (C=O) groups excluding carboxylic acids is 2. The predicted molar refractivity (Wildman–Crippen MR) is 117 cm³/mol. The molecule has 31 heavy (non-hydrogen) atoms. The number of aromatic nitrogens is 2. The number of esters is 1. The van der Waals surface area contributed by atoms with Gasteiger partial charge in [-0.25, -0.2) is 9.48 Å². The SMILES string of the molecule is COc1cccc(/C=C/C(=O)OCC(=O)Nc2c(C)n(C)n(-c3ccccc3)c2=O)c1. The molecule has 1 N–H and O–H groups in total. The number of benzene rings is 2. The van der Waals surface area contributed by atoms with Gasteiger partial charge in [-0.1, -0.05) is 30.3 Å². The van der Waals surface area contributed by atoms with Gasteiger partial charge in [0.15, 0.2) is 6.61 Å². The Hall–Kier alpha value is -4.07. The Balaban J connectivity index is 1.63. The molecule has 1 heterocycles. The Morgan fingerprint density at radius 2 is 1.84 bits per heavy atom. The van der Waals surface area contributed by atoms with Crippen LogP contribution in [-0.4, -0.2) is 35.0 Å². The van der Waals surface area contributed by atoms with E-state index in [0.717, 1.165) is 5.56 Å². The van der Waals surface area contributed by atoms with Gasteiger partial charge in [0.05, 0.1) is 18.5 Å². The topological polar surface area (TPSA) is 91.6 Å². The van der Waals surface area contributed by atoms with Crippen LogP contribution in [0.4, 0.5) is 5.69 Å². The molecule has 0 aliphatic heterocycles. The first kappa shape index (κ1) is 21.6. The second-order valence-electron chi connectivity index (χ2n) is 6.70. The lowest BCUT2D eigenvalue weighted by Gasteiger charge is -2.07. The normalized spacial score (nSPS) is 10.8. The summed E-state index contributed by atoms with van der Waals surface area (Å²) in [5.41, 5.74) is 1.77. The first-order valence-corrected chi connectivity index (χ1v) is 9.53. The molecule has 8 nitrogen and oxygen atoms in total. The second-order valence-corrected chi connectivity index (χ2v) is 6.70. The molecule has 0 saturated heterocycles. The zero-order chi connectivity index (χ0) is 22.4. The van der Waals surface area contributed by atoms with Gasteiger partial charge in [0.2, 0.25) is 0 Å². The summed E-state index contributed by atoms with van der Waals surface area (Å²) in [6.07, 6.45) is 2.78. The van der Waals surface area contributed by atoms with Crippen LogP contribution < -0.4 is 15.6 Å². The van der Waals surface area contributed by atoms with E-state index in [0.29, 0.717) is 17.1 Å². The molecule has 0 unspecified atom stereocenters. The van der Waals surface area contributed by atoms with Crippen LogP contribution >= 0.6 is 0 Å². The molecule has 0 fully saturated rings. The van der Waals surface area contributed by atoms with Gasteiger partial charge >= 0.3 is 5.97 Å². The standard InChI is InChI=1S/C23H23N3O5/c1-16-22(23(29)26(25(16)2)18-9-5-4-6-10-18)24-20(27)15-31-21(28)13-12-17-8-7-11-19(14-17)30-3/h4-14H,15H2,1-3H3,(H,24,27)/b13-12+. The van der Waals surface area contributed by atoms with Crippen LogP contribution in [0.1, 0.15) is 11.3 Å². The van der Waals surface area contributed by atoms with E-state index >= 15 is 0 Å². The summed E-state index contributed by atoms with van der Waals surface area (Å²) in [5.74, 6) is -0.618. The average Bonchev–Trinajstić information content (AvgIpc) is 3.00. The number of carbonyl (C=O) groups is 2. The highest BCUT2D eigenvalue weighted by Gasteiger charge is 2.18. The highest BCUT2D eigenvalue weighted by molar-refractivity contribution is 5.95. The van der Waals surface area contributed by atoms with Crippen molar-refractivity contribution in [2.24, 2.45) is 7.05 Å². The minimum Gasteiger partial charge on any atom is -0.497 e. The zero-order valence-electron chi connectivity index (χ0n) is 17.5. The highest BCUT2D eigenvalue weighted by Crippen LogP contribution is 2.15. The maximum Gasteiger partial charge on any atom is 0.331 e. The third-order valence-corrected chi connectivity index (χ3v) is 4.67. The Kier molecular flexibility index (Phi) is 6.71. The van der Waals surface area contributed by atoms with Crippen molar-refractivity contribution in [3.8, 4) is 11.4 Å². The molecular formula is C23H23N3O5. The third kappa shape index (κ3) is 5.11. The van der Waals surface area contributed by atoms with Crippen LogP contribution in [0.3, 0.4) is 0 Å². The van der Waals surface area contributed by atoms with E-state index in [2.05, 4.69) is 5.32 Å². The van der Waals surface area contributed by atoms with E-state index in [9.17, 15) is 14.4 Å². The molecule has 0 radical (unpaired) electrons. The summed E-state index contributed by atoms with van der Waals surface area (Å²) in [7, 11) is 3.28. The van der Waals surface area contributed by atoms with Crippen LogP contribution in [0.25, 0.3) is 11.8 Å². The Bertz CT molecular complexity index is 1180. The molecule has 1 aromatic heterocycles. The number of nitrogens with zero attached hydrogens (tertiary/aromatic N) is 2. The molecule has 0 aliphatic rings. The lowest BCUT2D eigenvalue weighted by atomic mass is 10.2. The van der Waals surface area contributed by atoms with Gasteiger partial charge in [-0.15, -0.1) is 0 Å². The molecule has 0 aliphatic carbocycles. The third-order valence-electron chi connectivity index (χ3n) is 4.67. The van der Waals surface area contributed by atoms with Crippen molar-refractivity contribution in [3.05, 3.63) is 82.3 Å². The molecule has 3 rings (SSSR count). The number of hydrogen-bond acceptors (Lipinski definition) is 5. The van der Waals surface area contributed by atoms with E-state index in [1.54, 1.807) is 68.2 Å². The highest BCUT2D eigenvalue weighted by atomic mass is 16.5. The monoisotopic (exact) mass is 421 g/mol. The summed E-state index contributed by atoms with van der Waals surface area (Å²) in [5, 5.41) is 2.54. The van der Waals surface area contributed by atoms with Crippen molar-refractivity contribution in [3.63, 3.8) is 0 Å². The van der Waals surface area contributed by atoms with Crippen LogP contribution in [-0.2, 0) is 21.4 Å². The Morgan fingerprint density at radius 3 is 2.55 bits per heavy atom. The van der Waals surface area contributed by atoms with Crippen LogP contribution in [0, 0.1) is 6.92 Å². The molecule has 160 valence electrons. The first-order chi connectivity index (χ1) is 14.9. The smallest absolute Gasteiger partial charge is 0.331 e. The largest absolute Gasteiger partial charge is 0.497 e. The molecule has 8 heteroatoms. The minimum absolute atomic E-state index is 0.138. The molecular weight excluding hydrogens is 398 g/mol.